The molecule has 13 aromatic heterocycles. The molecule has 1 aliphatic heterocycles. The number of H-pyrrole nitrogens is 8. The summed E-state index contributed by atoms with van der Waals surface area (Å²) >= 11 is 0. The van der Waals surface area contributed by atoms with Gasteiger partial charge in [0.2, 0.25) is 0 Å². The van der Waals surface area contributed by atoms with Crippen molar-refractivity contribution in [1.82, 2.24) is 121 Å². The average molecular weight is 1700 g/mol. The quantitative estimate of drug-likeness (QED) is 0.0380. The van der Waals surface area contributed by atoms with Crippen LogP contribution in [0, 0.1) is 20.8 Å². The molecule has 2 fully saturated rings. The molecule has 14 heterocycles. The smallest absolute Gasteiger partial charge is 0.159 e. The van der Waals surface area contributed by atoms with Crippen molar-refractivity contribution in [2.75, 3.05) is 38.7 Å². The van der Waals surface area contributed by atoms with Crippen LogP contribution in [0.2, 0.25) is 0 Å². The standard InChI is InChI=1S/C26H21N7.C26H22N6.C26H26N6.C25H24N6O/c1-16-18(13-29-19-5-4-10-27-14-19)12-28-15-21(16)17-8-9-22-20(11-17)25(33-32-22)26-30-23-6-2-3-7-24(23)31-26;1-15(27-2)18-8-5-9-23-24(18)30-26(29-23)25-20-12-16(10-11-22(20)31-32-25)21-14-28-13-17-6-3-4-7-19(17)21;1-16-18(14-28-19-6-2-3-7-19)13-27-15-21(16)17-10-11-22-20(12-17)25(32-31-22)26-29-23-8-4-5-9-24(23)30-26;1-16-18(15-31-8-10-32-11-9-31)13-26-14-20(16)17-6-7-21-19(12-17)24(30-29-21)25-27-22-4-2-3-5-23(22)28-25/h2-12,14-15,29H,13H2,1H3,(H,30,31)(H,32,33);3-15,27H,1-2H3,(H,29,30)(H,31,32);4-5,8-13,15,19,28H,2-3,6-7,14H2,1H3,(H,29,30)(H,31,32);2-7,12-14H,8-11,15H2,1H3,(H,27,28)(H,29,30). The molecule has 26 nitrogen and oxygen atoms in total. The number of hydrogen-bond donors (Lipinski definition) is 11. The molecule has 9 aromatic carbocycles. The number of rotatable bonds is 18. The second-order valence-corrected chi connectivity index (χ2v) is 33.1. The Morgan fingerprint density at radius 2 is 0.829 bits per heavy atom. The first kappa shape index (κ1) is 80.5. The monoisotopic (exact) mass is 1700 g/mol. The highest BCUT2D eigenvalue weighted by molar-refractivity contribution is 6.03. The largest absolute Gasteiger partial charge is 0.380 e. The summed E-state index contributed by atoms with van der Waals surface area (Å²) in [5, 5.41) is 47.8. The number of para-hydroxylation sites is 7. The number of imidazole rings is 4. The lowest BCUT2D eigenvalue weighted by Crippen LogP contribution is -2.35. The van der Waals surface area contributed by atoms with E-state index in [-0.39, 0.29) is 6.04 Å². The summed E-state index contributed by atoms with van der Waals surface area (Å²) in [5.74, 6) is 3.06. The minimum atomic E-state index is 0.205. The lowest BCUT2D eigenvalue weighted by Gasteiger charge is -2.27. The average Bonchev–Trinajstić information content (AvgIpc) is 1.62. The second-order valence-electron chi connectivity index (χ2n) is 33.1. The second kappa shape index (κ2) is 35.4. The molecule has 1 aliphatic carbocycles. The SMILES string of the molecule is CNC(C)c1cccc2[nH]c(-c3n[nH]c4ccc(-c5cncc6ccccc56)cc34)nc12.Cc1c(CN2CCOCC2)cncc1-c1ccc2[nH]nc(-c3nc4ccccc4[nH]3)c2c1.Cc1c(CNC2CCCC2)cncc1-c1ccc2[nH]nc(-c3nc4ccccc4[nH]3)c2c1.Cc1c(CNc2cccnc2)cncc1-c1ccc2[nH]nc(-c3nc4ccccc4[nH]3)c2c1. The van der Waals surface area contributed by atoms with Crippen molar-refractivity contribution in [2.24, 2.45) is 0 Å². The number of aromatic amines is 8. The Morgan fingerprint density at radius 3 is 1.33 bits per heavy atom. The number of ether oxygens (including phenoxy) is 1. The summed E-state index contributed by atoms with van der Waals surface area (Å²) in [5.41, 5.74) is 33.5. The zero-order valence-corrected chi connectivity index (χ0v) is 71.9. The first-order valence-electron chi connectivity index (χ1n) is 43.8. The van der Waals surface area contributed by atoms with E-state index in [9.17, 15) is 0 Å². The molecule has 0 spiro atoms. The number of anilines is 1. The Labute approximate surface area is 741 Å². The Hall–Kier alpha value is -15.6. The van der Waals surface area contributed by atoms with Gasteiger partial charge in [-0.3, -0.25) is 50.2 Å². The zero-order valence-electron chi connectivity index (χ0n) is 71.9. The maximum Gasteiger partial charge on any atom is 0.159 e. The van der Waals surface area contributed by atoms with Crippen LogP contribution < -0.4 is 16.0 Å². The van der Waals surface area contributed by atoms with E-state index in [1.807, 2.05) is 154 Å². The van der Waals surface area contributed by atoms with Gasteiger partial charge in [0.1, 0.15) is 22.8 Å². The van der Waals surface area contributed by atoms with Crippen LogP contribution in [-0.2, 0) is 24.4 Å². The van der Waals surface area contributed by atoms with E-state index in [4.69, 9.17) is 24.7 Å². The van der Waals surface area contributed by atoms with Crippen LogP contribution in [0.25, 0.3) is 189 Å². The van der Waals surface area contributed by atoms with E-state index < -0.39 is 0 Å². The molecular formula is C103H93N25O. The molecule has 22 aromatic rings. The molecule has 0 amide bonds. The van der Waals surface area contributed by atoms with Gasteiger partial charge in [-0.1, -0.05) is 110 Å². The van der Waals surface area contributed by atoms with Crippen molar-refractivity contribution in [3.05, 3.63) is 301 Å². The van der Waals surface area contributed by atoms with E-state index >= 15 is 0 Å². The predicted molar refractivity (Wildman–Crippen MR) is 514 cm³/mol. The van der Waals surface area contributed by atoms with Gasteiger partial charge >= 0.3 is 0 Å². The number of nitrogens with zero attached hydrogens (tertiary/aromatic N) is 14. The van der Waals surface area contributed by atoms with Gasteiger partial charge in [0, 0.05) is 156 Å². The highest BCUT2D eigenvalue weighted by Crippen LogP contribution is 2.40. The lowest BCUT2D eigenvalue weighted by molar-refractivity contribution is 0.0341. The van der Waals surface area contributed by atoms with Gasteiger partial charge < -0.3 is 40.6 Å². The van der Waals surface area contributed by atoms with Gasteiger partial charge in [-0.15, -0.1) is 0 Å². The van der Waals surface area contributed by atoms with Gasteiger partial charge in [0.05, 0.1) is 85.1 Å². The molecule has 0 radical (unpaired) electrons. The Bertz CT molecular complexity index is 7720. The van der Waals surface area contributed by atoms with Crippen LogP contribution in [0.15, 0.2) is 262 Å². The van der Waals surface area contributed by atoms with Crippen molar-refractivity contribution < 1.29 is 4.74 Å². The third-order valence-corrected chi connectivity index (χ3v) is 25.2. The molecular weight excluding hydrogens is 1600 g/mol. The van der Waals surface area contributed by atoms with Crippen LogP contribution in [0.1, 0.15) is 77.6 Å². The maximum absolute atomic E-state index is 5.49. The summed E-state index contributed by atoms with van der Waals surface area (Å²) < 4.78 is 5.49. The number of benzene rings is 9. The van der Waals surface area contributed by atoms with Gasteiger partial charge in [-0.2, -0.15) is 20.4 Å². The summed E-state index contributed by atoms with van der Waals surface area (Å²) in [6.45, 7) is 14.6. The fraction of sp³-hybridized carbons (Fsp3) is 0.175. The van der Waals surface area contributed by atoms with E-state index in [1.54, 1.807) is 6.20 Å². The van der Waals surface area contributed by atoms with Crippen LogP contribution >= 0.6 is 0 Å². The maximum atomic E-state index is 5.49. The number of aromatic nitrogens is 21. The molecule has 129 heavy (non-hydrogen) atoms. The third kappa shape index (κ3) is 16.4. The fourth-order valence-corrected chi connectivity index (χ4v) is 17.8. The normalized spacial score (nSPS) is 13.4. The molecule has 24 rings (SSSR count). The van der Waals surface area contributed by atoms with Gasteiger partial charge in [0.15, 0.2) is 23.3 Å². The number of fused-ring (bicyclic) bond motifs is 9. The van der Waals surface area contributed by atoms with Crippen LogP contribution in [0.3, 0.4) is 0 Å². The first-order chi connectivity index (χ1) is 63.5. The van der Waals surface area contributed by atoms with Gasteiger partial charge in [0.25, 0.3) is 0 Å². The summed E-state index contributed by atoms with van der Waals surface area (Å²) in [4.78, 5) is 57.5. The lowest BCUT2D eigenvalue weighted by atomic mass is 9.97. The van der Waals surface area contributed by atoms with Crippen LogP contribution in [0.4, 0.5) is 5.69 Å². The Morgan fingerprint density at radius 1 is 0.395 bits per heavy atom. The highest BCUT2D eigenvalue weighted by Gasteiger charge is 2.24. The van der Waals surface area contributed by atoms with E-state index in [1.165, 1.54) is 58.9 Å². The Balaban J connectivity index is 0.000000104. The van der Waals surface area contributed by atoms with Crippen LogP contribution in [-0.4, -0.2) is 150 Å². The van der Waals surface area contributed by atoms with E-state index in [2.05, 4.69) is 243 Å². The number of morpholine rings is 1. The first-order valence-corrected chi connectivity index (χ1v) is 43.8. The Kier molecular flexibility index (Phi) is 22.1. The van der Waals surface area contributed by atoms with Crippen LogP contribution in [0.5, 0.6) is 0 Å². The van der Waals surface area contributed by atoms with E-state index in [0.717, 1.165) is 240 Å². The molecule has 11 N–H and O–H groups in total. The summed E-state index contributed by atoms with van der Waals surface area (Å²) in [6.07, 6.45) is 24.4. The minimum absolute atomic E-state index is 0.205. The van der Waals surface area contributed by atoms with Gasteiger partial charge in [-0.05, 0) is 217 Å². The molecule has 26 heteroatoms. The van der Waals surface area contributed by atoms with Crippen molar-refractivity contribution in [2.45, 2.75) is 85.1 Å². The predicted octanol–water partition coefficient (Wildman–Crippen LogP) is 20.9. The third-order valence-electron chi connectivity index (χ3n) is 25.2. The molecule has 1 atom stereocenters. The highest BCUT2D eigenvalue weighted by atomic mass is 16.5. The molecule has 0 bridgehead atoms. The number of nitrogens with one attached hydrogen (secondary N) is 11. The number of pyridine rings is 5. The van der Waals surface area contributed by atoms with Crippen molar-refractivity contribution in [1.29, 1.82) is 0 Å². The molecule has 2 aliphatic rings. The summed E-state index contributed by atoms with van der Waals surface area (Å²) in [7, 11) is 1.96. The zero-order chi connectivity index (χ0) is 86.8. The van der Waals surface area contributed by atoms with Crippen molar-refractivity contribution in [3.8, 4) is 90.6 Å². The topological polar surface area (TPSA) is 342 Å². The van der Waals surface area contributed by atoms with Crippen molar-refractivity contribution >= 4 is 104 Å². The molecule has 636 valence electrons. The van der Waals surface area contributed by atoms with E-state index in [0.29, 0.717) is 12.6 Å². The number of hydrogen-bond acceptors (Lipinski definition) is 18. The van der Waals surface area contributed by atoms with Gasteiger partial charge in [-0.25, -0.2) is 19.9 Å². The molecule has 1 unspecified atom stereocenters. The summed E-state index contributed by atoms with van der Waals surface area (Å²) in [6, 6.07) is 68.9. The fourth-order valence-electron chi connectivity index (χ4n) is 17.8. The molecule has 1 saturated heterocycles. The molecule has 1 saturated carbocycles. The minimum Gasteiger partial charge on any atom is -0.380 e. The van der Waals surface area contributed by atoms with Crippen molar-refractivity contribution in [3.63, 3.8) is 0 Å².